The van der Waals surface area contributed by atoms with Gasteiger partial charge in [0.15, 0.2) is 0 Å². The summed E-state index contributed by atoms with van der Waals surface area (Å²) in [5.41, 5.74) is 6.08. The maximum absolute atomic E-state index is 13.0. The molecule has 3 heteroatoms. The SMILES string of the molecule is CCCC(C)CC(N)CSc1cccc(F)c1. The van der Waals surface area contributed by atoms with E-state index in [1.165, 1.54) is 18.9 Å². The van der Waals surface area contributed by atoms with Gasteiger partial charge in [0.2, 0.25) is 0 Å². The molecule has 17 heavy (non-hydrogen) atoms. The lowest BCUT2D eigenvalue weighted by Crippen LogP contribution is -2.25. The first-order valence-corrected chi connectivity index (χ1v) is 7.24. The summed E-state index contributed by atoms with van der Waals surface area (Å²) in [4.78, 5) is 0.962. The van der Waals surface area contributed by atoms with Gasteiger partial charge >= 0.3 is 0 Å². The van der Waals surface area contributed by atoms with Gasteiger partial charge in [0.25, 0.3) is 0 Å². The molecule has 0 bridgehead atoms. The maximum atomic E-state index is 13.0. The van der Waals surface area contributed by atoms with Gasteiger partial charge in [-0.2, -0.15) is 0 Å². The van der Waals surface area contributed by atoms with Gasteiger partial charge < -0.3 is 5.73 Å². The van der Waals surface area contributed by atoms with Crippen LogP contribution in [0, 0.1) is 11.7 Å². The van der Waals surface area contributed by atoms with E-state index in [-0.39, 0.29) is 11.9 Å². The van der Waals surface area contributed by atoms with Crippen LogP contribution in [0.15, 0.2) is 29.2 Å². The van der Waals surface area contributed by atoms with Crippen LogP contribution >= 0.6 is 11.8 Å². The first kappa shape index (κ1) is 14.5. The van der Waals surface area contributed by atoms with Crippen LogP contribution in [0.5, 0.6) is 0 Å². The highest BCUT2D eigenvalue weighted by molar-refractivity contribution is 7.99. The van der Waals surface area contributed by atoms with Crippen molar-refractivity contribution in [1.29, 1.82) is 0 Å². The molecular weight excluding hydrogens is 233 g/mol. The van der Waals surface area contributed by atoms with Crippen molar-refractivity contribution in [2.24, 2.45) is 11.7 Å². The van der Waals surface area contributed by atoms with Crippen LogP contribution in [0.25, 0.3) is 0 Å². The Balaban J connectivity index is 2.30. The van der Waals surface area contributed by atoms with E-state index in [2.05, 4.69) is 13.8 Å². The van der Waals surface area contributed by atoms with Crippen LogP contribution in [0.3, 0.4) is 0 Å². The number of halogens is 1. The highest BCUT2D eigenvalue weighted by Crippen LogP contribution is 2.21. The Hall–Kier alpha value is -0.540. The molecule has 1 nitrogen and oxygen atoms in total. The zero-order chi connectivity index (χ0) is 12.7. The quantitative estimate of drug-likeness (QED) is 0.743. The molecule has 96 valence electrons. The minimum Gasteiger partial charge on any atom is -0.327 e. The molecule has 0 heterocycles. The molecule has 0 saturated carbocycles. The molecule has 0 spiro atoms. The molecule has 1 rings (SSSR count). The van der Waals surface area contributed by atoms with Crippen molar-refractivity contribution in [3.05, 3.63) is 30.1 Å². The Bertz CT molecular complexity index is 330. The van der Waals surface area contributed by atoms with Crippen molar-refractivity contribution in [2.45, 2.75) is 44.0 Å². The fourth-order valence-electron chi connectivity index (χ4n) is 1.96. The van der Waals surface area contributed by atoms with Crippen LogP contribution in [-0.2, 0) is 0 Å². The first-order chi connectivity index (χ1) is 8.11. The third-order valence-corrected chi connectivity index (χ3v) is 3.93. The van der Waals surface area contributed by atoms with Crippen molar-refractivity contribution < 1.29 is 4.39 Å². The highest BCUT2D eigenvalue weighted by Gasteiger charge is 2.09. The predicted octanol–water partition coefficient (Wildman–Crippen LogP) is 4.07. The summed E-state index contributed by atoms with van der Waals surface area (Å²) >= 11 is 1.64. The topological polar surface area (TPSA) is 26.0 Å². The predicted molar refractivity (Wildman–Crippen MR) is 73.8 cm³/mol. The van der Waals surface area contributed by atoms with Crippen molar-refractivity contribution in [1.82, 2.24) is 0 Å². The van der Waals surface area contributed by atoms with E-state index in [0.29, 0.717) is 5.92 Å². The molecule has 1 aromatic rings. The second kappa shape index (κ2) is 7.72. The molecular formula is C14H22FNS. The summed E-state index contributed by atoms with van der Waals surface area (Å²) in [7, 11) is 0. The summed E-state index contributed by atoms with van der Waals surface area (Å²) in [5, 5.41) is 0. The molecule has 0 amide bonds. The Kier molecular flexibility index (Phi) is 6.60. The molecule has 0 aliphatic rings. The van der Waals surface area contributed by atoms with E-state index in [1.54, 1.807) is 23.9 Å². The van der Waals surface area contributed by atoms with E-state index in [0.717, 1.165) is 17.1 Å². The van der Waals surface area contributed by atoms with Gasteiger partial charge in [0.1, 0.15) is 5.82 Å². The van der Waals surface area contributed by atoms with Crippen molar-refractivity contribution in [3.63, 3.8) is 0 Å². The molecule has 0 aromatic heterocycles. The van der Waals surface area contributed by atoms with Crippen LogP contribution in [0.2, 0.25) is 0 Å². The number of thioether (sulfide) groups is 1. The minimum atomic E-state index is -0.178. The van der Waals surface area contributed by atoms with E-state index >= 15 is 0 Å². The summed E-state index contributed by atoms with van der Waals surface area (Å²) < 4.78 is 13.0. The average molecular weight is 255 g/mol. The van der Waals surface area contributed by atoms with Crippen molar-refractivity contribution in [3.8, 4) is 0 Å². The standard InChI is InChI=1S/C14H22FNS/c1-3-5-11(2)8-13(16)10-17-14-7-4-6-12(15)9-14/h4,6-7,9,11,13H,3,5,8,10,16H2,1-2H3. The lowest BCUT2D eigenvalue weighted by molar-refractivity contribution is 0.450. The Morgan fingerprint density at radius 1 is 1.41 bits per heavy atom. The van der Waals surface area contributed by atoms with Gasteiger partial charge in [-0.25, -0.2) is 4.39 Å². The second-order valence-electron chi connectivity index (χ2n) is 4.66. The van der Waals surface area contributed by atoms with Crippen molar-refractivity contribution >= 4 is 11.8 Å². The molecule has 2 atom stereocenters. The zero-order valence-electron chi connectivity index (χ0n) is 10.7. The fraction of sp³-hybridized carbons (Fsp3) is 0.571. The van der Waals surface area contributed by atoms with E-state index in [1.807, 2.05) is 6.07 Å². The minimum absolute atomic E-state index is 0.178. The van der Waals surface area contributed by atoms with Crippen LogP contribution in [0.4, 0.5) is 4.39 Å². The lowest BCUT2D eigenvalue weighted by Gasteiger charge is -2.16. The van der Waals surface area contributed by atoms with E-state index in [4.69, 9.17) is 5.73 Å². The first-order valence-electron chi connectivity index (χ1n) is 6.25. The van der Waals surface area contributed by atoms with Gasteiger partial charge in [-0.1, -0.05) is 32.8 Å². The molecule has 0 fully saturated rings. The molecule has 0 aliphatic carbocycles. The van der Waals surface area contributed by atoms with Gasteiger partial charge in [0, 0.05) is 16.7 Å². The Labute approximate surface area is 108 Å². The fourth-order valence-corrected chi connectivity index (χ4v) is 2.87. The molecule has 0 saturated heterocycles. The average Bonchev–Trinajstić information content (AvgIpc) is 2.27. The molecule has 1 aromatic carbocycles. The lowest BCUT2D eigenvalue weighted by atomic mass is 9.99. The zero-order valence-corrected chi connectivity index (χ0v) is 11.5. The van der Waals surface area contributed by atoms with Crippen LogP contribution < -0.4 is 5.73 Å². The Morgan fingerprint density at radius 3 is 2.82 bits per heavy atom. The van der Waals surface area contributed by atoms with E-state index in [9.17, 15) is 4.39 Å². The Morgan fingerprint density at radius 2 is 2.18 bits per heavy atom. The van der Waals surface area contributed by atoms with Gasteiger partial charge in [0.05, 0.1) is 0 Å². The van der Waals surface area contributed by atoms with E-state index < -0.39 is 0 Å². The molecule has 2 unspecified atom stereocenters. The van der Waals surface area contributed by atoms with Crippen LogP contribution in [0.1, 0.15) is 33.1 Å². The molecule has 2 N–H and O–H groups in total. The van der Waals surface area contributed by atoms with Gasteiger partial charge in [-0.15, -0.1) is 11.8 Å². The number of hydrogen-bond acceptors (Lipinski definition) is 2. The van der Waals surface area contributed by atoms with Crippen LogP contribution in [-0.4, -0.2) is 11.8 Å². The molecule has 0 radical (unpaired) electrons. The van der Waals surface area contributed by atoms with Gasteiger partial charge in [-0.05, 0) is 30.5 Å². The number of nitrogens with two attached hydrogens (primary N) is 1. The summed E-state index contributed by atoms with van der Waals surface area (Å²) in [5.74, 6) is 1.36. The third-order valence-electron chi connectivity index (χ3n) is 2.75. The highest BCUT2D eigenvalue weighted by atomic mass is 32.2. The smallest absolute Gasteiger partial charge is 0.124 e. The normalized spacial score (nSPS) is 14.6. The van der Waals surface area contributed by atoms with Crippen molar-refractivity contribution in [2.75, 3.05) is 5.75 Å². The third kappa shape index (κ3) is 6.08. The number of hydrogen-bond donors (Lipinski definition) is 1. The maximum Gasteiger partial charge on any atom is 0.124 e. The molecule has 0 aliphatic heterocycles. The summed E-state index contributed by atoms with van der Waals surface area (Å²) in [6, 6.07) is 6.89. The number of rotatable bonds is 7. The summed E-state index contributed by atoms with van der Waals surface area (Å²) in [6.45, 7) is 4.44. The second-order valence-corrected chi connectivity index (χ2v) is 5.75. The number of benzene rings is 1. The largest absolute Gasteiger partial charge is 0.327 e. The monoisotopic (exact) mass is 255 g/mol. The van der Waals surface area contributed by atoms with Gasteiger partial charge in [-0.3, -0.25) is 0 Å². The summed E-state index contributed by atoms with van der Waals surface area (Å²) in [6.07, 6.45) is 3.50.